The summed E-state index contributed by atoms with van der Waals surface area (Å²) >= 11 is 1.67. The normalized spacial score (nSPS) is 11.8. The zero-order chi connectivity index (χ0) is 14.2. The van der Waals surface area contributed by atoms with E-state index in [9.17, 15) is 0 Å². The fourth-order valence-corrected chi connectivity index (χ4v) is 2.88. The van der Waals surface area contributed by atoms with Crippen molar-refractivity contribution in [3.8, 4) is 0 Å². The Kier molecular flexibility index (Phi) is 2.68. The molecule has 0 fully saturated rings. The first-order chi connectivity index (χ1) is 10.3. The molecule has 0 aliphatic carbocycles. The van der Waals surface area contributed by atoms with E-state index in [4.69, 9.17) is 5.73 Å². The fourth-order valence-electron chi connectivity index (χ4n) is 2.26. The van der Waals surface area contributed by atoms with Crippen molar-refractivity contribution in [3.05, 3.63) is 52.5 Å². The van der Waals surface area contributed by atoms with Gasteiger partial charge >= 0.3 is 0 Å². The summed E-state index contributed by atoms with van der Waals surface area (Å²) in [5.74, 6) is 1.51. The number of nitrogens with two attached hydrogens (primary N) is 1. The molecule has 6 heteroatoms. The summed E-state index contributed by atoms with van der Waals surface area (Å²) in [6.45, 7) is 0. The van der Waals surface area contributed by atoms with Crippen LogP contribution in [0.5, 0.6) is 0 Å². The summed E-state index contributed by atoms with van der Waals surface area (Å²) in [5.41, 5.74) is 7.64. The Morgan fingerprint density at radius 3 is 2.76 bits per heavy atom. The predicted octanol–water partition coefficient (Wildman–Crippen LogP) is 3.09. The second-order valence-corrected chi connectivity index (χ2v) is 5.50. The summed E-state index contributed by atoms with van der Waals surface area (Å²) in [5, 5.41) is 2.04. The number of hydrogen-bond donors (Lipinski definition) is 1. The SMILES string of the molecule is Nc1nc(C=Cc2cccs2)n2c(n1)nc1ccccc12. The third-order valence-electron chi connectivity index (χ3n) is 3.16. The van der Waals surface area contributed by atoms with E-state index in [0.29, 0.717) is 5.78 Å². The number of nitrogens with zero attached hydrogens (tertiary/aromatic N) is 4. The van der Waals surface area contributed by atoms with Crippen LogP contribution in [0, 0.1) is 0 Å². The van der Waals surface area contributed by atoms with Crippen molar-refractivity contribution >= 4 is 46.2 Å². The van der Waals surface area contributed by atoms with Crippen LogP contribution in [0.2, 0.25) is 0 Å². The third kappa shape index (κ3) is 2.05. The molecule has 1 aromatic carbocycles. The Hall–Kier alpha value is -2.73. The molecular weight excluding hydrogens is 282 g/mol. The number of rotatable bonds is 2. The van der Waals surface area contributed by atoms with Crippen LogP contribution in [0.1, 0.15) is 10.7 Å². The Bertz CT molecular complexity index is 953. The lowest BCUT2D eigenvalue weighted by Crippen LogP contribution is -2.03. The highest BCUT2D eigenvalue weighted by Gasteiger charge is 2.09. The number of anilines is 1. The van der Waals surface area contributed by atoms with Gasteiger partial charge in [0.2, 0.25) is 11.7 Å². The lowest BCUT2D eigenvalue weighted by Gasteiger charge is -2.01. The van der Waals surface area contributed by atoms with Crippen LogP contribution in [-0.2, 0) is 0 Å². The first kappa shape index (κ1) is 12.0. The van der Waals surface area contributed by atoms with Gasteiger partial charge in [-0.1, -0.05) is 18.2 Å². The zero-order valence-electron chi connectivity index (χ0n) is 11.0. The van der Waals surface area contributed by atoms with Crippen molar-refractivity contribution in [2.24, 2.45) is 0 Å². The van der Waals surface area contributed by atoms with Crippen molar-refractivity contribution in [1.29, 1.82) is 0 Å². The third-order valence-corrected chi connectivity index (χ3v) is 3.99. The molecule has 0 amide bonds. The highest BCUT2D eigenvalue weighted by atomic mass is 32.1. The van der Waals surface area contributed by atoms with Crippen LogP contribution in [0.25, 0.3) is 29.0 Å². The lowest BCUT2D eigenvalue weighted by molar-refractivity contribution is 1.02. The van der Waals surface area contributed by atoms with Gasteiger partial charge in [0, 0.05) is 4.88 Å². The molecule has 0 bridgehead atoms. The van der Waals surface area contributed by atoms with Gasteiger partial charge in [0.15, 0.2) is 0 Å². The number of benzene rings is 1. The molecule has 0 unspecified atom stereocenters. The molecule has 0 aliphatic rings. The number of para-hydroxylation sites is 2. The largest absolute Gasteiger partial charge is 0.368 e. The van der Waals surface area contributed by atoms with Gasteiger partial charge in [-0.25, -0.2) is 4.98 Å². The maximum absolute atomic E-state index is 5.79. The monoisotopic (exact) mass is 293 g/mol. The van der Waals surface area contributed by atoms with Gasteiger partial charge in [-0.2, -0.15) is 9.97 Å². The maximum atomic E-state index is 5.79. The molecule has 0 radical (unpaired) electrons. The molecule has 0 saturated heterocycles. The highest BCUT2D eigenvalue weighted by molar-refractivity contribution is 7.10. The average molecular weight is 293 g/mol. The van der Waals surface area contributed by atoms with E-state index in [1.165, 1.54) is 0 Å². The van der Waals surface area contributed by atoms with Gasteiger partial charge in [-0.15, -0.1) is 11.3 Å². The Balaban J connectivity index is 1.98. The van der Waals surface area contributed by atoms with Crippen molar-refractivity contribution < 1.29 is 0 Å². The topological polar surface area (TPSA) is 69.1 Å². The number of fused-ring (bicyclic) bond motifs is 3. The number of hydrogen-bond acceptors (Lipinski definition) is 5. The van der Waals surface area contributed by atoms with E-state index in [1.807, 2.05) is 52.3 Å². The van der Waals surface area contributed by atoms with Crippen molar-refractivity contribution in [2.45, 2.75) is 0 Å². The summed E-state index contributed by atoms with van der Waals surface area (Å²) in [6, 6.07) is 11.9. The number of imidazole rings is 1. The minimum atomic E-state index is 0.226. The average Bonchev–Trinajstić information content (AvgIpc) is 3.11. The van der Waals surface area contributed by atoms with Gasteiger partial charge in [0.05, 0.1) is 11.0 Å². The highest BCUT2D eigenvalue weighted by Crippen LogP contribution is 2.19. The second kappa shape index (κ2) is 4.68. The Labute approximate surface area is 124 Å². The van der Waals surface area contributed by atoms with Crippen LogP contribution in [-0.4, -0.2) is 19.4 Å². The molecular formula is C15H11N5S. The molecule has 0 spiro atoms. The minimum Gasteiger partial charge on any atom is -0.368 e. The van der Waals surface area contributed by atoms with Crippen molar-refractivity contribution in [2.75, 3.05) is 5.73 Å². The zero-order valence-corrected chi connectivity index (χ0v) is 11.8. The molecule has 3 aromatic heterocycles. The first-order valence-corrected chi connectivity index (χ1v) is 7.31. The number of thiophene rings is 1. The fraction of sp³-hybridized carbons (Fsp3) is 0. The van der Waals surface area contributed by atoms with E-state index < -0.39 is 0 Å². The summed E-state index contributed by atoms with van der Waals surface area (Å²) < 4.78 is 1.91. The Morgan fingerprint density at radius 2 is 1.90 bits per heavy atom. The van der Waals surface area contributed by atoms with Crippen molar-refractivity contribution in [1.82, 2.24) is 19.4 Å². The minimum absolute atomic E-state index is 0.226. The first-order valence-electron chi connectivity index (χ1n) is 6.43. The van der Waals surface area contributed by atoms with Gasteiger partial charge in [0.1, 0.15) is 5.82 Å². The second-order valence-electron chi connectivity index (χ2n) is 4.52. The summed E-state index contributed by atoms with van der Waals surface area (Å²) in [7, 11) is 0. The summed E-state index contributed by atoms with van der Waals surface area (Å²) in [4.78, 5) is 14.2. The van der Waals surface area contributed by atoms with Crippen molar-refractivity contribution in [3.63, 3.8) is 0 Å². The molecule has 0 aliphatic heterocycles. The molecule has 3 heterocycles. The smallest absolute Gasteiger partial charge is 0.239 e. The van der Waals surface area contributed by atoms with E-state index in [1.54, 1.807) is 11.3 Å². The lowest BCUT2D eigenvalue weighted by atomic mass is 10.3. The molecule has 102 valence electrons. The number of nitrogen functional groups attached to an aromatic ring is 1. The molecule has 5 nitrogen and oxygen atoms in total. The summed E-state index contributed by atoms with van der Waals surface area (Å²) in [6.07, 6.45) is 3.95. The van der Waals surface area contributed by atoms with Gasteiger partial charge < -0.3 is 5.73 Å². The van der Waals surface area contributed by atoms with Crippen LogP contribution in [0.4, 0.5) is 5.95 Å². The van der Waals surface area contributed by atoms with Gasteiger partial charge in [0.25, 0.3) is 0 Å². The molecule has 4 aromatic rings. The van der Waals surface area contributed by atoms with E-state index >= 15 is 0 Å². The Morgan fingerprint density at radius 1 is 1.00 bits per heavy atom. The van der Waals surface area contributed by atoms with E-state index in [-0.39, 0.29) is 5.95 Å². The molecule has 2 N–H and O–H groups in total. The molecule has 4 rings (SSSR count). The quantitative estimate of drug-likeness (QED) is 0.616. The van der Waals surface area contributed by atoms with Gasteiger partial charge in [-0.3, -0.25) is 4.40 Å². The molecule has 0 atom stereocenters. The number of aromatic nitrogens is 4. The van der Waals surface area contributed by atoms with E-state index in [2.05, 4.69) is 21.0 Å². The van der Waals surface area contributed by atoms with E-state index in [0.717, 1.165) is 21.7 Å². The van der Waals surface area contributed by atoms with Gasteiger partial charge in [-0.05, 0) is 35.7 Å². The standard InChI is InChI=1S/C15H11N5S/c16-14-18-13(8-7-10-4-3-9-21-10)20-12-6-2-1-5-11(12)17-15(20)19-14/h1-9H,(H2,16,17,19). The van der Waals surface area contributed by atoms with Crippen LogP contribution in [0.15, 0.2) is 41.8 Å². The van der Waals surface area contributed by atoms with Crippen LogP contribution < -0.4 is 5.73 Å². The molecule has 21 heavy (non-hydrogen) atoms. The van der Waals surface area contributed by atoms with Crippen LogP contribution in [0.3, 0.4) is 0 Å². The van der Waals surface area contributed by atoms with Crippen LogP contribution >= 0.6 is 11.3 Å². The maximum Gasteiger partial charge on any atom is 0.239 e. The molecule has 0 saturated carbocycles. The predicted molar refractivity (Wildman–Crippen MR) is 85.9 cm³/mol.